The summed E-state index contributed by atoms with van der Waals surface area (Å²) in [5.41, 5.74) is 0.352. The molecule has 0 bridgehead atoms. The van der Waals surface area contributed by atoms with Gasteiger partial charge in [0.25, 0.3) is 5.91 Å². The zero-order valence-electron chi connectivity index (χ0n) is 18.3. The van der Waals surface area contributed by atoms with Crippen LogP contribution in [0.3, 0.4) is 0 Å². The molecule has 1 unspecified atom stereocenters. The van der Waals surface area contributed by atoms with E-state index in [1.54, 1.807) is 44.2 Å². The smallest absolute Gasteiger partial charge is 0.325 e. The minimum Gasteiger partial charge on any atom is -0.326 e. The highest BCUT2D eigenvalue weighted by molar-refractivity contribution is 6.10. The van der Waals surface area contributed by atoms with Crippen molar-refractivity contribution in [1.82, 2.24) is 10.2 Å². The third-order valence-corrected chi connectivity index (χ3v) is 5.65. The van der Waals surface area contributed by atoms with Gasteiger partial charge in [-0.05, 0) is 47.5 Å². The average Bonchev–Trinajstić information content (AvgIpc) is 3.02. The molecule has 0 aromatic heterocycles. The van der Waals surface area contributed by atoms with Crippen LogP contribution in [0, 0.1) is 0 Å². The normalized spacial score (nSPS) is 17.7. The molecule has 1 fully saturated rings. The second kappa shape index (κ2) is 8.74. The van der Waals surface area contributed by atoms with Crippen LogP contribution in [0.25, 0.3) is 10.8 Å². The molecule has 168 valence electrons. The molecule has 1 aliphatic rings. The summed E-state index contributed by atoms with van der Waals surface area (Å²) >= 11 is 0. The number of imide groups is 1. The topological polar surface area (TPSA) is 108 Å². The molecule has 33 heavy (non-hydrogen) atoms. The lowest BCUT2D eigenvalue weighted by Gasteiger charge is -2.22. The van der Waals surface area contributed by atoms with E-state index in [0.29, 0.717) is 23.4 Å². The Balaban J connectivity index is 1.48. The highest BCUT2D eigenvalue weighted by Gasteiger charge is 2.49. The molecule has 0 aliphatic carbocycles. The van der Waals surface area contributed by atoms with E-state index < -0.39 is 29.9 Å². The Labute approximate surface area is 191 Å². The molecule has 0 radical (unpaired) electrons. The Bertz CT molecular complexity index is 1270. The van der Waals surface area contributed by atoms with Crippen molar-refractivity contribution in [3.8, 4) is 0 Å². The predicted molar refractivity (Wildman–Crippen MR) is 126 cm³/mol. The zero-order valence-corrected chi connectivity index (χ0v) is 18.3. The van der Waals surface area contributed by atoms with Gasteiger partial charge in [-0.15, -0.1) is 0 Å². The van der Waals surface area contributed by atoms with Crippen LogP contribution in [0.15, 0.2) is 66.7 Å². The van der Waals surface area contributed by atoms with Gasteiger partial charge in [-0.3, -0.25) is 19.3 Å². The van der Waals surface area contributed by atoms with E-state index in [0.717, 1.165) is 15.7 Å². The lowest BCUT2D eigenvalue weighted by Crippen LogP contribution is -2.42. The summed E-state index contributed by atoms with van der Waals surface area (Å²) in [6.07, 6.45) is 0.332. The van der Waals surface area contributed by atoms with Gasteiger partial charge in [0.2, 0.25) is 11.8 Å². The lowest BCUT2D eigenvalue weighted by atomic mass is 9.90. The van der Waals surface area contributed by atoms with E-state index >= 15 is 0 Å². The van der Waals surface area contributed by atoms with Gasteiger partial charge in [0.15, 0.2) is 0 Å². The van der Waals surface area contributed by atoms with Crippen molar-refractivity contribution in [3.05, 3.63) is 72.3 Å². The molecular formula is C25H24N4O4. The van der Waals surface area contributed by atoms with Crippen LogP contribution in [0.1, 0.15) is 25.8 Å². The molecule has 5 amide bonds. The van der Waals surface area contributed by atoms with Gasteiger partial charge in [0.05, 0.1) is 0 Å². The molecule has 1 aliphatic heterocycles. The highest BCUT2D eigenvalue weighted by Crippen LogP contribution is 2.31. The predicted octanol–water partition coefficient (Wildman–Crippen LogP) is 3.59. The van der Waals surface area contributed by atoms with Crippen LogP contribution >= 0.6 is 0 Å². The van der Waals surface area contributed by atoms with E-state index in [-0.39, 0.29) is 5.91 Å². The first-order valence-corrected chi connectivity index (χ1v) is 10.6. The number of amides is 5. The summed E-state index contributed by atoms with van der Waals surface area (Å²) in [4.78, 5) is 50.9. The second-order valence-corrected chi connectivity index (χ2v) is 8.04. The van der Waals surface area contributed by atoms with Gasteiger partial charge in [-0.2, -0.15) is 0 Å². The van der Waals surface area contributed by atoms with Crippen LogP contribution in [-0.4, -0.2) is 35.2 Å². The molecule has 3 N–H and O–H groups in total. The molecule has 3 aromatic rings. The van der Waals surface area contributed by atoms with Gasteiger partial charge < -0.3 is 16.0 Å². The Morgan fingerprint density at radius 2 is 1.55 bits per heavy atom. The number of nitrogens with zero attached hydrogens (tertiary/aromatic N) is 1. The Morgan fingerprint density at radius 3 is 2.24 bits per heavy atom. The minimum absolute atomic E-state index is 0.147. The highest BCUT2D eigenvalue weighted by atomic mass is 16.2. The fraction of sp³-hybridized carbons (Fsp3) is 0.200. The van der Waals surface area contributed by atoms with E-state index in [1.807, 2.05) is 36.4 Å². The maximum Gasteiger partial charge on any atom is 0.325 e. The van der Waals surface area contributed by atoms with Crippen LogP contribution in [0.2, 0.25) is 0 Å². The fourth-order valence-corrected chi connectivity index (χ4v) is 3.80. The van der Waals surface area contributed by atoms with Crippen LogP contribution in [-0.2, 0) is 19.9 Å². The maximum absolute atomic E-state index is 13.2. The zero-order chi connectivity index (χ0) is 23.6. The van der Waals surface area contributed by atoms with Crippen molar-refractivity contribution in [3.63, 3.8) is 0 Å². The Morgan fingerprint density at radius 1 is 0.879 bits per heavy atom. The Kier molecular flexibility index (Phi) is 5.83. The first-order valence-electron chi connectivity index (χ1n) is 10.6. The van der Waals surface area contributed by atoms with Crippen molar-refractivity contribution >= 4 is 45.9 Å². The van der Waals surface area contributed by atoms with Gasteiger partial charge in [-0.1, -0.05) is 49.4 Å². The van der Waals surface area contributed by atoms with E-state index in [1.165, 1.54) is 0 Å². The van der Waals surface area contributed by atoms with E-state index in [2.05, 4.69) is 16.0 Å². The monoisotopic (exact) mass is 444 g/mol. The van der Waals surface area contributed by atoms with Crippen molar-refractivity contribution in [1.29, 1.82) is 0 Å². The standard InChI is InChI=1S/C25H24N4O4/c1-3-21(30)26-19-9-6-10-20(14-19)27-22(31)15-29-23(32)25(2,28-24(29)33)18-12-11-16-7-4-5-8-17(16)13-18/h4-14H,3,15H2,1-2H3,(H,26,30)(H,27,31)(H,28,33). The summed E-state index contributed by atoms with van der Waals surface area (Å²) < 4.78 is 0. The largest absolute Gasteiger partial charge is 0.326 e. The molecule has 1 saturated heterocycles. The first-order chi connectivity index (χ1) is 15.8. The van der Waals surface area contributed by atoms with Crippen molar-refractivity contribution < 1.29 is 19.2 Å². The van der Waals surface area contributed by atoms with Gasteiger partial charge in [0, 0.05) is 17.8 Å². The summed E-state index contributed by atoms with van der Waals surface area (Å²) in [6.45, 7) is 2.94. The maximum atomic E-state index is 13.2. The number of nitrogens with one attached hydrogen (secondary N) is 3. The van der Waals surface area contributed by atoms with Crippen LogP contribution in [0.4, 0.5) is 16.2 Å². The van der Waals surface area contributed by atoms with E-state index in [4.69, 9.17) is 0 Å². The van der Waals surface area contributed by atoms with E-state index in [9.17, 15) is 19.2 Å². The van der Waals surface area contributed by atoms with Gasteiger partial charge >= 0.3 is 6.03 Å². The number of carbonyl (C=O) groups excluding carboxylic acids is 4. The molecule has 0 spiro atoms. The number of hydrogen-bond donors (Lipinski definition) is 3. The number of fused-ring (bicyclic) bond motifs is 1. The summed E-state index contributed by atoms with van der Waals surface area (Å²) in [7, 11) is 0. The quantitative estimate of drug-likeness (QED) is 0.505. The molecule has 1 atom stereocenters. The number of urea groups is 1. The number of carbonyl (C=O) groups is 4. The SMILES string of the molecule is CCC(=O)Nc1cccc(NC(=O)CN2C(=O)NC(C)(c3ccc4ccccc4c3)C2=O)c1. The van der Waals surface area contributed by atoms with Crippen LogP contribution in [0.5, 0.6) is 0 Å². The molecule has 8 nitrogen and oxygen atoms in total. The third-order valence-electron chi connectivity index (χ3n) is 5.65. The summed E-state index contributed by atoms with van der Waals surface area (Å²) in [5, 5.41) is 10.1. The molecular weight excluding hydrogens is 420 g/mol. The number of benzene rings is 3. The summed E-state index contributed by atoms with van der Waals surface area (Å²) in [5.74, 6) is -1.17. The Hall–Kier alpha value is -4.20. The fourth-order valence-electron chi connectivity index (χ4n) is 3.80. The van der Waals surface area contributed by atoms with Gasteiger partial charge in [-0.25, -0.2) is 4.79 Å². The third kappa shape index (κ3) is 4.41. The molecule has 3 aromatic carbocycles. The van der Waals surface area contributed by atoms with Gasteiger partial charge in [0.1, 0.15) is 12.1 Å². The van der Waals surface area contributed by atoms with Crippen molar-refractivity contribution in [2.45, 2.75) is 25.8 Å². The van der Waals surface area contributed by atoms with Crippen molar-refractivity contribution in [2.75, 3.05) is 17.2 Å². The molecule has 0 saturated carbocycles. The van der Waals surface area contributed by atoms with Crippen LogP contribution < -0.4 is 16.0 Å². The number of hydrogen-bond acceptors (Lipinski definition) is 4. The molecule has 1 heterocycles. The lowest BCUT2D eigenvalue weighted by molar-refractivity contribution is -0.133. The molecule has 8 heteroatoms. The summed E-state index contributed by atoms with van der Waals surface area (Å²) in [6, 6.07) is 19.3. The average molecular weight is 444 g/mol. The first kappa shape index (κ1) is 22.0. The number of rotatable bonds is 6. The number of anilines is 2. The van der Waals surface area contributed by atoms with Crippen molar-refractivity contribution in [2.24, 2.45) is 0 Å². The second-order valence-electron chi connectivity index (χ2n) is 8.04. The minimum atomic E-state index is -1.27. The molecule has 4 rings (SSSR count).